The Morgan fingerprint density at radius 2 is 2.22 bits per heavy atom. The summed E-state index contributed by atoms with van der Waals surface area (Å²) in [5.74, 6) is 0.641. The Bertz CT molecular complexity index is 651. The molecular weight excluding hydrogens is 316 g/mol. The number of aromatic nitrogens is 2. The summed E-state index contributed by atoms with van der Waals surface area (Å²) < 4.78 is 5.15. The van der Waals surface area contributed by atoms with Gasteiger partial charge in [-0.15, -0.1) is 11.3 Å². The molecule has 0 saturated carbocycles. The molecule has 0 atom stereocenters. The molecule has 7 nitrogen and oxygen atoms in total. The van der Waals surface area contributed by atoms with Crippen LogP contribution in [0.2, 0.25) is 0 Å². The van der Waals surface area contributed by atoms with Gasteiger partial charge < -0.3 is 14.7 Å². The van der Waals surface area contributed by atoms with Crippen molar-refractivity contribution in [1.82, 2.24) is 20.4 Å². The van der Waals surface area contributed by atoms with Crippen LogP contribution in [0, 0.1) is 0 Å². The lowest BCUT2D eigenvalue weighted by Gasteiger charge is -2.17. The summed E-state index contributed by atoms with van der Waals surface area (Å²) in [6.45, 7) is 3.79. The van der Waals surface area contributed by atoms with Crippen molar-refractivity contribution in [3.05, 3.63) is 23.4 Å². The van der Waals surface area contributed by atoms with Crippen LogP contribution >= 0.6 is 11.3 Å². The number of aryl methyl sites for hydroxylation is 1. The molecule has 8 heteroatoms. The number of carbonyl (C=O) groups is 2. The summed E-state index contributed by atoms with van der Waals surface area (Å²) in [5.41, 5.74) is 0. The first-order chi connectivity index (χ1) is 11.0. The number of hydrogen-bond donors (Lipinski definition) is 1. The van der Waals surface area contributed by atoms with E-state index in [-0.39, 0.29) is 30.8 Å². The van der Waals surface area contributed by atoms with Crippen LogP contribution in [-0.2, 0) is 16.0 Å². The predicted molar refractivity (Wildman–Crippen MR) is 86.8 cm³/mol. The molecule has 2 aromatic rings. The minimum Gasteiger partial charge on any atom is -0.352 e. The molecule has 2 rings (SSSR count). The molecule has 124 valence electrons. The van der Waals surface area contributed by atoms with E-state index in [0.29, 0.717) is 18.1 Å². The van der Waals surface area contributed by atoms with Gasteiger partial charge >= 0.3 is 0 Å². The van der Waals surface area contributed by atoms with Crippen LogP contribution in [0.1, 0.15) is 26.2 Å². The summed E-state index contributed by atoms with van der Waals surface area (Å²) in [6.07, 6.45) is 0.574. The van der Waals surface area contributed by atoms with E-state index in [0.717, 1.165) is 4.88 Å². The molecule has 1 N–H and O–H groups in total. The van der Waals surface area contributed by atoms with Crippen molar-refractivity contribution >= 4 is 23.2 Å². The first-order valence-corrected chi connectivity index (χ1v) is 8.23. The third-order valence-electron chi connectivity index (χ3n) is 3.02. The minimum absolute atomic E-state index is 0.0429. The van der Waals surface area contributed by atoms with Crippen LogP contribution in [0.3, 0.4) is 0 Å². The molecule has 0 bridgehead atoms. The Balaban J connectivity index is 1.81. The van der Waals surface area contributed by atoms with Gasteiger partial charge in [-0.25, -0.2) is 0 Å². The van der Waals surface area contributed by atoms with E-state index >= 15 is 0 Å². The lowest BCUT2D eigenvalue weighted by molar-refractivity contribution is -0.134. The van der Waals surface area contributed by atoms with Gasteiger partial charge in [-0.05, 0) is 25.3 Å². The predicted octanol–water partition coefficient (Wildman–Crippen LogP) is 1.71. The zero-order valence-electron chi connectivity index (χ0n) is 13.4. The molecule has 0 unspecified atom stereocenters. The SMILES string of the molecule is CC(C)NC(=O)CN(C)C(=O)CCc1nc(-c2cccs2)no1. The standard InChI is InChI=1S/C15H20N4O3S/c1-10(2)16-12(20)9-19(3)14(21)7-6-13-17-15(18-22-13)11-5-4-8-23-11/h4-5,8,10H,6-7,9H2,1-3H3,(H,16,20). The monoisotopic (exact) mass is 336 g/mol. The molecule has 2 amide bonds. The average Bonchev–Trinajstić information content (AvgIpc) is 3.14. The van der Waals surface area contributed by atoms with Gasteiger partial charge in [0.2, 0.25) is 23.5 Å². The molecule has 2 aromatic heterocycles. The number of nitrogens with one attached hydrogen (secondary N) is 1. The topological polar surface area (TPSA) is 88.3 Å². The summed E-state index contributed by atoms with van der Waals surface area (Å²) in [6, 6.07) is 3.88. The maximum atomic E-state index is 12.0. The summed E-state index contributed by atoms with van der Waals surface area (Å²) in [4.78, 5) is 30.3. The summed E-state index contributed by atoms with van der Waals surface area (Å²) in [7, 11) is 1.60. The Hall–Kier alpha value is -2.22. The number of thiophene rings is 1. The van der Waals surface area contributed by atoms with Gasteiger partial charge in [-0.3, -0.25) is 9.59 Å². The number of hydrogen-bond acceptors (Lipinski definition) is 6. The van der Waals surface area contributed by atoms with Crippen molar-refractivity contribution in [3.8, 4) is 10.7 Å². The number of amides is 2. The Morgan fingerprint density at radius 1 is 1.43 bits per heavy atom. The molecule has 0 saturated heterocycles. The normalized spacial score (nSPS) is 10.8. The van der Waals surface area contributed by atoms with E-state index in [1.807, 2.05) is 31.4 Å². The van der Waals surface area contributed by atoms with Gasteiger partial charge in [0.15, 0.2) is 0 Å². The average molecular weight is 336 g/mol. The van der Waals surface area contributed by atoms with Gasteiger partial charge in [0.25, 0.3) is 0 Å². The third kappa shape index (κ3) is 5.17. The van der Waals surface area contributed by atoms with Gasteiger partial charge in [0.1, 0.15) is 0 Å². The van der Waals surface area contributed by atoms with Gasteiger partial charge in [-0.1, -0.05) is 11.2 Å². The zero-order chi connectivity index (χ0) is 16.8. The fourth-order valence-electron chi connectivity index (χ4n) is 1.94. The fraction of sp³-hybridized carbons (Fsp3) is 0.467. The molecule has 0 spiro atoms. The van der Waals surface area contributed by atoms with E-state index in [2.05, 4.69) is 15.5 Å². The second kappa shape index (κ2) is 7.87. The first-order valence-electron chi connectivity index (χ1n) is 7.35. The van der Waals surface area contributed by atoms with Crippen molar-refractivity contribution in [3.63, 3.8) is 0 Å². The highest BCUT2D eigenvalue weighted by molar-refractivity contribution is 7.13. The molecule has 0 radical (unpaired) electrons. The van der Waals surface area contributed by atoms with Crippen molar-refractivity contribution < 1.29 is 14.1 Å². The van der Waals surface area contributed by atoms with Crippen molar-refractivity contribution in [2.45, 2.75) is 32.7 Å². The molecular formula is C15H20N4O3S. The van der Waals surface area contributed by atoms with E-state index in [4.69, 9.17) is 4.52 Å². The second-order valence-corrected chi connectivity index (χ2v) is 6.41. The minimum atomic E-state index is -0.173. The summed E-state index contributed by atoms with van der Waals surface area (Å²) >= 11 is 1.53. The number of rotatable bonds is 7. The van der Waals surface area contributed by atoms with Gasteiger partial charge in [0, 0.05) is 25.9 Å². The Kier molecular flexibility index (Phi) is 5.86. The molecule has 0 fully saturated rings. The lowest BCUT2D eigenvalue weighted by atomic mass is 10.2. The highest BCUT2D eigenvalue weighted by Gasteiger charge is 2.16. The Labute approximate surface area is 138 Å². The molecule has 23 heavy (non-hydrogen) atoms. The maximum Gasteiger partial charge on any atom is 0.239 e. The van der Waals surface area contributed by atoms with Crippen LogP contribution in [0.5, 0.6) is 0 Å². The zero-order valence-corrected chi connectivity index (χ0v) is 14.2. The third-order valence-corrected chi connectivity index (χ3v) is 3.88. The number of likely N-dealkylation sites (N-methyl/N-ethyl adjacent to an activating group) is 1. The molecule has 0 aliphatic heterocycles. The summed E-state index contributed by atoms with van der Waals surface area (Å²) in [5, 5.41) is 8.58. The van der Waals surface area contributed by atoms with E-state index < -0.39 is 0 Å². The van der Waals surface area contributed by atoms with Crippen molar-refractivity contribution in [2.75, 3.05) is 13.6 Å². The number of nitrogens with zero attached hydrogens (tertiary/aromatic N) is 3. The van der Waals surface area contributed by atoms with Crippen LogP contribution in [0.4, 0.5) is 0 Å². The largest absolute Gasteiger partial charge is 0.352 e. The van der Waals surface area contributed by atoms with Crippen LogP contribution < -0.4 is 5.32 Å². The van der Waals surface area contributed by atoms with E-state index in [1.165, 1.54) is 16.2 Å². The van der Waals surface area contributed by atoms with Crippen LogP contribution in [-0.4, -0.2) is 46.5 Å². The van der Waals surface area contributed by atoms with Gasteiger partial charge in [0.05, 0.1) is 11.4 Å². The first kappa shape index (κ1) is 17.1. The quantitative estimate of drug-likeness (QED) is 0.831. The van der Waals surface area contributed by atoms with E-state index in [9.17, 15) is 9.59 Å². The van der Waals surface area contributed by atoms with Crippen LogP contribution in [0.15, 0.2) is 22.0 Å². The Morgan fingerprint density at radius 3 is 2.87 bits per heavy atom. The fourth-order valence-corrected chi connectivity index (χ4v) is 2.59. The molecule has 0 aromatic carbocycles. The van der Waals surface area contributed by atoms with Crippen molar-refractivity contribution in [1.29, 1.82) is 0 Å². The van der Waals surface area contributed by atoms with Crippen LogP contribution in [0.25, 0.3) is 10.7 Å². The highest BCUT2D eigenvalue weighted by atomic mass is 32.1. The van der Waals surface area contributed by atoms with Gasteiger partial charge in [-0.2, -0.15) is 4.98 Å². The lowest BCUT2D eigenvalue weighted by Crippen LogP contribution is -2.40. The highest BCUT2D eigenvalue weighted by Crippen LogP contribution is 2.21. The maximum absolute atomic E-state index is 12.0. The molecule has 0 aliphatic rings. The second-order valence-electron chi connectivity index (χ2n) is 5.46. The smallest absolute Gasteiger partial charge is 0.239 e. The molecule has 2 heterocycles. The van der Waals surface area contributed by atoms with E-state index in [1.54, 1.807) is 7.05 Å². The van der Waals surface area contributed by atoms with Crippen molar-refractivity contribution in [2.24, 2.45) is 0 Å². The number of carbonyl (C=O) groups excluding carboxylic acids is 2. The molecule has 0 aliphatic carbocycles.